The fourth-order valence-corrected chi connectivity index (χ4v) is 7.56. The van der Waals surface area contributed by atoms with Gasteiger partial charge in [0.2, 0.25) is 47.3 Å². The molecular weight excluding hydrogens is 813 g/mol. The molecule has 0 radical (unpaired) electrons. The molecule has 1 unspecified atom stereocenters. The summed E-state index contributed by atoms with van der Waals surface area (Å²) < 4.78 is 5.96. The zero-order valence-corrected chi connectivity index (χ0v) is 39.1. The first-order valence-corrected chi connectivity index (χ1v) is 22.0. The van der Waals surface area contributed by atoms with Crippen molar-refractivity contribution in [3.8, 4) is 0 Å². The first kappa shape index (κ1) is 52.2. The van der Waals surface area contributed by atoms with Crippen LogP contribution < -0.4 is 21.3 Å². The number of rotatable bonds is 9. The third kappa shape index (κ3) is 15.6. The topological polar surface area (TPSA) is 227 Å². The van der Waals surface area contributed by atoms with Gasteiger partial charge in [0.05, 0.1) is 31.3 Å². The number of likely N-dealkylation sites (tertiary alicyclic amines) is 1. The molecule has 5 N–H and O–H groups in total. The molecule has 0 aliphatic carbocycles. The lowest BCUT2D eigenvalue weighted by molar-refractivity contribution is -0.150. The van der Waals surface area contributed by atoms with E-state index in [0.717, 1.165) is 29.7 Å². The molecule has 1 aromatic carbocycles. The average Bonchev–Trinajstić information content (AvgIpc) is 3.22. The highest BCUT2D eigenvalue weighted by molar-refractivity contribution is 5.98. The number of nitrogens with one attached hydrogen (secondary N) is 4. The van der Waals surface area contributed by atoms with Crippen LogP contribution in [0.2, 0.25) is 0 Å². The lowest BCUT2D eigenvalue weighted by atomic mass is 9.97. The Morgan fingerprint density at radius 3 is 1.89 bits per heavy atom. The first-order valence-electron chi connectivity index (χ1n) is 22.0. The van der Waals surface area contributed by atoms with Gasteiger partial charge in [-0.3, -0.25) is 38.4 Å². The number of hydrogen-bond donors (Lipinski definition) is 5. The van der Waals surface area contributed by atoms with Crippen LogP contribution in [0.25, 0.3) is 0 Å². The van der Waals surface area contributed by atoms with Crippen LogP contribution in [0, 0.1) is 11.8 Å². The number of likely N-dealkylation sites (N-methyl/N-ethyl adjacent to an activating group) is 3. The number of aliphatic hydroxyl groups is 1. The number of nitrogens with zero attached hydrogens (tertiary/aromatic N) is 4. The Hall–Kier alpha value is -5.10. The van der Waals surface area contributed by atoms with Crippen LogP contribution in [0.3, 0.4) is 0 Å². The maximum atomic E-state index is 14.8. The summed E-state index contributed by atoms with van der Waals surface area (Å²) in [4.78, 5) is 118. The van der Waals surface area contributed by atoms with E-state index in [1.807, 2.05) is 32.0 Å². The largest absolute Gasteiger partial charge is 0.391 e. The molecule has 0 aromatic heterocycles. The summed E-state index contributed by atoms with van der Waals surface area (Å²) in [5.74, 6) is -6.29. The summed E-state index contributed by atoms with van der Waals surface area (Å²) in [5, 5.41) is 21.3. The highest BCUT2D eigenvalue weighted by Crippen LogP contribution is 2.20. The predicted octanol–water partition coefficient (Wildman–Crippen LogP) is 0.595. The third-order valence-corrected chi connectivity index (χ3v) is 11.2. The Balaban J connectivity index is 2.20. The second-order valence-electron chi connectivity index (χ2n) is 18.7. The van der Waals surface area contributed by atoms with Gasteiger partial charge in [0, 0.05) is 40.7 Å². The molecule has 2 fully saturated rings. The highest BCUT2D eigenvalue weighted by Gasteiger charge is 2.41. The summed E-state index contributed by atoms with van der Waals surface area (Å²) >= 11 is 0. The Labute approximate surface area is 372 Å². The number of carbonyl (C=O) groups is 8. The molecule has 3 rings (SSSR count). The molecular formula is C45H72N8O10. The number of ether oxygens (including phenoxy) is 1. The number of aliphatic hydroxyl groups excluding tert-OH is 1. The monoisotopic (exact) mass is 885 g/mol. The van der Waals surface area contributed by atoms with Crippen molar-refractivity contribution in [2.75, 3.05) is 47.4 Å². The van der Waals surface area contributed by atoms with Gasteiger partial charge in [0.25, 0.3) is 0 Å². The maximum absolute atomic E-state index is 14.8. The van der Waals surface area contributed by atoms with E-state index in [4.69, 9.17) is 4.74 Å². The fraction of sp³-hybridized carbons (Fsp3) is 0.689. The molecule has 2 aliphatic heterocycles. The van der Waals surface area contributed by atoms with Gasteiger partial charge in [-0.1, -0.05) is 58.0 Å². The molecule has 0 bridgehead atoms. The van der Waals surface area contributed by atoms with Gasteiger partial charge in [-0.05, 0) is 70.8 Å². The molecule has 2 aliphatic rings. The van der Waals surface area contributed by atoms with Crippen LogP contribution >= 0.6 is 0 Å². The Morgan fingerprint density at radius 1 is 0.746 bits per heavy atom. The zero-order chi connectivity index (χ0) is 47.3. The highest BCUT2D eigenvalue weighted by atomic mass is 16.5. The van der Waals surface area contributed by atoms with Gasteiger partial charge >= 0.3 is 0 Å². The van der Waals surface area contributed by atoms with Crippen molar-refractivity contribution in [2.45, 2.75) is 142 Å². The number of carbonyl (C=O) groups excluding carboxylic acids is 8. The molecule has 2 heterocycles. The second kappa shape index (κ2) is 23.5. The summed E-state index contributed by atoms with van der Waals surface area (Å²) in [7, 11) is 4.25. The van der Waals surface area contributed by atoms with Crippen molar-refractivity contribution in [2.24, 2.45) is 11.8 Å². The molecule has 18 nitrogen and oxygen atoms in total. The maximum Gasteiger partial charge on any atom is 0.247 e. The Morgan fingerprint density at radius 2 is 1.33 bits per heavy atom. The molecule has 0 spiro atoms. The predicted molar refractivity (Wildman–Crippen MR) is 235 cm³/mol. The molecule has 1 aromatic rings. The number of hydrogen-bond acceptors (Lipinski definition) is 10. The van der Waals surface area contributed by atoms with Crippen LogP contribution in [0.1, 0.15) is 93.1 Å². The third-order valence-electron chi connectivity index (χ3n) is 11.2. The summed E-state index contributed by atoms with van der Waals surface area (Å²) in [6, 6.07) is 1.17. The van der Waals surface area contributed by atoms with Gasteiger partial charge in [-0.25, -0.2) is 0 Å². The molecule has 352 valence electrons. The molecule has 8 amide bonds. The summed E-state index contributed by atoms with van der Waals surface area (Å²) in [5.41, 5.74) is -0.0193. The van der Waals surface area contributed by atoms with E-state index in [9.17, 15) is 43.5 Å². The SMILES string of the molecule is CC(C)C[C@H]1C(=O)N[C@@H](COC(C)(C)C)C(=O)N(C)CC(=O)N[C@@H]([C@@H](C)O)C(=O)NC(C(=O)N2CCCCC2)CC(=O)N[C@@H](C(C)C)C(=O)N(C)[C@@H](Cc2ccccc2)C(=O)N1C. The lowest BCUT2D eigenvalue weighted by Crippen LogP contribution is -2.62. The van der Waals surface area contributed by atoms with Crippen LogP contribution in [0.15, 0.2) is 30.3 Å². The van der Waals surface area contributed by atoms with Crippen LogP contribution in [-0.4, -0.2) is 167 Å². The van der Waals surface area contributed by atoms with E-state index in [0.29, 0.717) is 13.1 Å². The van der Waals surface area contributed by atoms with Gasteiger partial charge in [0.15, 0.2) is 0 Å². The molecule has 18 heteroatoms. The van der Waals surface area contributed by atoms with Crippen molar-refractivity contribution in [1.82, 2.24) is 40.9 Å². The van der Waals surface area contributed by atoms with E-state index in [-0.39, 0.29) is 25.4 Å². The van der Waals surface area contributed by atoms with Gasteiger partial charge in [-0.15, -0.1) is 0 Å². The minimum absolute atomic E-state index is 0.0529. The van der Waals surface area contributed by atoms with E-state index in [1.165, 1.54) is 37.9 Å². The molecule has 2 saturated heterocycles. The smallest absolute Gasteiger partial charge is 0.247 e. The van der Waals surface area contributed by atoms with Crippen LogP contribution in [0.4, 0.5) is 0 Å². The van der Waals surface area contributed by atoms with Crippen LogP contribution in [-0.2, 0) is 49.5 Å². The molecule has 7 atom stereocenters. The first-order chi connectivity index (χ1) is 29.4. The average molecular weight is 885 g/mol. The van der Waals surface area contributed by atoms with E-state index < -0.39 is 114 Å². The van der Waals surface area contributed by atoms with Crippen molar-refractivity contribution in [3.63, 3.8) is 0 Å². The van der Waals surface area contributed by atoms with Gasteiger partial charge in [0.1, 0.15) is 36.3 Å². The number of amides is 8. The number of piperidine rings is 1. The second-order valence-corrected chi connectivity index (χ2v) is 18.7. The minimum atomic E-state index is -1.61. The fourth-order valence-electron chi connectivity index (χ4n) is 7.56. The van der Waals surface area contributed by atoms with E-state index in [1.54, 1.807) is 51.7 Å². The minimum Gasteiger partial charge on any atom is -0.391 e. The lowest BCUT2D eigenvalue weighted by Gasteiger charge is -2.37. The normalized spacial score (nSPS) is 25.5. The van der Waals surface area contributed by atoms with Gasteiger partial charge in [-0.2, -0.15) is 0 Å². The molecule has 0 saturated carbocycles. The standard InChI is InChI=1S/C45H72N8O10/c1-27(2)22-33-39(57)47-32(26-63-45(6,7)8)41(59)50(9)25-36(56)49-38(29(5)54)40(58)46-31(42(60)53-20-16-13-17-21-53)24-35(55)48-37(28(3)4)44(62)52(11)34(43(61)51(33)10)23-30-18-14-12-15-19-30/h12,14-15,18-19,27-29,31-34,37-38,54H,13,16-17,20-26H2,1-11H3,(H,46,58)(H,47,57)(H,48,55)(H,49,56)/t29-,31?,32+,33+,34+,37+,38+/m1/s1. The van der Waals surface area contributed by atoms with E-state index >= 15 is 0 Å². The molecule has 63 heavy (non-hydrogen) atoms. The van der Waals surface area contributed by atoms with Gasteiger partial charge < -0.3 is 50.7 Å². The summed E-state index contributed by atoms with van der Waals surface area (Å²) in [6.07, 6.45) is 0.502. The van der Waals surface area contributed by atoms with Crippen molar-refractivity contribution in [3.05, 3.63) is 35.9 Å². The Bertz CT molecular complexity index is 1760. The van der Waals surface area contributed by atoms with Crippen LogP contribution in [0.5, 0.6) is 0 Å². The van der Waals surface area contributed by atoms with Crippen molar-refractivity contribution >= 4 is 47.3 Å². The van der Waals surface area contributed by atoms with Crippen molar-refractivity contribution in [1.29, 1.82) is 0 Å². The zero-order valence-electron chi connectivity index (χ0n) is 39.1. The Kier molecular flexibility index (Phi) is 19.5. The summed E-state index contributed by atoms with van der Waals surface area (Å²) in [6.45, 7) is 13.7. The van der Waals surface area contributed by atoms with Crippen molar-refractivity contribution < 1.29 is 48.2 Å². The quantitative estimate of drug-likeness (QED) is 0.232. The van der Waals surface area contributed by atoms with E-state index in [2.05, 4.69) is 21.3 Å². The number of benzene rings is 1.